The summed E-state index contributed by atoms with van der Waals surface area (Å²) in [7, 11) is 0. The lowest BCUT2D eigenvalue weighted by Gasteiger charge is -2.51. The third-order valence-corrected chi connectivity index (χ3v) is 18.1. The Balaban J connectivity index is 1.01. The maximum atomic E-state index is 13.2. The smallest absolute Gasteiger partial charge is 0.335 e. The first-order chi connectivity index (χ1) is 49.3. The van der Waals surface area contributed by atoms with Crippen molar-refractivity contribution < 1.29 is 222 Å². The van der Waals surface area contributed by atoms with Crippen LogP contribution in [0.15, 0.2) is 0 Å². The number of aliphatic hydroxyl groups excluding tert-OH is 18. The SMILES string of the molecule is CC(=O)N[C@H]1[C@H](O[C@H]2[C@H](O)[C@@H](O)[C@H](O[C@H]3[C@@H](O)[C@@H](CO)O[C@@H](O[C@H]4[C@H](O)[C@@H](O)[C@H](O[C@H]5[C@@H](O)[C@@H](CO)O[C@@H](O[C@H]6[C@H](O)[C@@H](O)[C@H](O[C@H]7[C@@H](O)[C@@H](CO)O[C@@H](O[C@H]8[C@H](O)[C@@H](O)C(O)O[C@@H]8C(=O)O)[C@@H]7NC(C)=O)O[C@@H]6C(=O)O)[C@@H]5NC(C)=O)O[C@@H]4C(=O)O)[C@@H]3NC(C)=O)O[C@@H]2C(=O)O)O[C@H](CO)[C@H](O)[C@@H]1O. The number of carbonyl (C=O) groups excluding carboxylic acids is 4. The number of aliphatic carboxylic acids is 4. The predicted octanol–water partition coefficient (Wildman–Crippen LogP) is -17.5. The molecule has 0 bridgehead atoms. The summed E-state index contributed by atoms with van der Waals surface area (Å²) in [6.45, 7) is -1.09. The molecule has 0 radical (unpaired) electrons. The monoisotopic (exact) mass is 1530 g/mol. The van der Waals surface area contributed by atoms with Crippen LogP contribution in [-0.2, 0) is 109 Å². The largest absolute Gasteiger partial charge is 0.479 e. The molecular formula is C56H86N4O45. The summed E-state index contributed by atoms with van der Waals surface area (Å²) in [5.74, 6) is -12.0. The first-order valence-electron chi connectivity index (χ1n) is 32.1. The number of carbonyl (C=O) groups is 8. The van der Waals surface area contributed by atoms with Gasteiger partial charge in [-0.1, -0.05) is 0 Å². The number of carboxylic acids is 4. The van der Waals surface area contributed by atoms with E-state index in [1.807, 2.05) is 0 Å². The lowest BCUT2D eigenvalue weighted by atomic mass is 9.93. The molecule has 0 aromatic carbocycles. The molecule has 8 heterocycles. The van der Waals surface area contributed by atoms with Gasteiger partial charge in [-0.2, -0.15) is 0 Å². The van der Waals surface area contributed by atoms with Gasteiger partial charge in [0.2, 0.25) is 23.6 Å². The van der Waals surface area contributed by atoms with Gasteiger partial charge in [0.15, 0.2) is 74.7 Å². The molecule has 0 aromatic rings. The molecule has 26 N–H and O–H groups in total. The van der Waals surface area contributed by atoms with E-state index in [1.165, 1.54) is 0 Å². The third-order valence-electron chi connectivity index (χ3n) is 18.1. The van der Waals surface area contributed by atoms with E-state index in [-0.39, 0.29) is 0 Å². The Labute approximate surface area is 588 Å². The highest BCUT2D eigenvalue weighted by Crippen LogP contribution is 2.39. The van der Waals surface area contributed by atoms with Crippen LogP contribution in [0.3, 0.4) is 0 Å². The van der Waals surface area contributed by atoms with Gasteiger partial charge >= 0.3 is 23.9 Å². The van der Waals surface area contributed by atoms with Crippen molar-refractivity contribution in [2.24, 2.45) is 0 Å². The summed E-state index contributed by atoms with van der Waals surface area (Å²) in [6.07, 6.45) is -82.7. The van der Waals surface area contributed by atoms with E-state index in [4.69, 9.17) is 71.1 Å². The number of hydrogen-bond donors (Lipinski definition) is 26. The van der Waals surface area contributed by atoms with E-state index in [0.717, 1.165) is 27.7 Å². The van der Waals surface area contributed by atoms with E-state index in [9.17, 15) is 151 Å². The van der Waals surface area contributed by atoms with Crippen LogP contribution in [0.25, 0.3) is 0 Å². The first kappa shape index (κ1) is 85.1. The number of rotatable bonds is 26. The molecular weight excluding hydrogens is 1450 g/mol. The molecule has 600 valence electrons. The molecule has 105 heavy (non-hydrogen) atoms. The highest BCUT2D eigenvalue weighted by molar-refractivity contribution is 5.76. The Kier molecular flexibility index (Phi) is 29.0. The zero-order chi connectivity index (χ0) is 78.0. The minimum absolute atomic E-state index is 0.832. The van der Waals surface area contributed by atoms with Gasteiger partial charge in [0, 0.05) is 27.7 Å². The van der Waals surface area contributed by atoms with Crippen LogP contribution in [0, 0.1) is 0 Å². The van der Waals surface area contributed by atoms with Crippen LogP contribution in [0.1, 0.15) is 27.7 Å². The van der Waals surface area contributed by atoms with E-state index in [0.29, 0.717) is 0 Å². The van der Waals surface area contributed by atoms with Gasteiger partial charge in [0.25, 0.3) is 0 Å². The van der Waals surface area contributed by atoms with Gasteiger partial charge in [0.05, 0.1) is 26.4 Å². The summed E-state index contributed by atoms with van der Waals surface area (Å²) >= 11 is 0. The quantitative estimate of drug-likeness (QED) is 0.0382. The topological polar surface area (TPSA) is 768 Å². The second-order valence-electron chi connectivity index (χ2n) is 25.5. The van der Waals surface area contributed by atoms with Gasteiger partial charge in [-0.05, 0) is 0 Å². The Hall–Kier alpha value is -5.56. The molecule has 8 aliphatic heterocycles. The zero-order valence-corrected chi connectivity index (χ0v) is 55.2. The maximum absolute atomic E-state index is 13.2. The summed E-state index contributed by atoms with van der Waals surface area (Å²) in [5.41, 5.74) is 0. The fourth-order valence-corrected chi connectivity index (χ4v) is 13.0. The molecule has 0 aliphatic carbocycles. The van der Waals surface area contributed by atoms with E-state index >= 15 is 0 Å². The average Bonchev–Trinajstić information content (AvgIpc) is 0.759. The van der Waals surface area contributed by atoms with E-state index < -0.39 is 319 Å². The minimum atomic E-state index is -2.65. The van der Waals surface area contributed by atoms with Crippen molar-refractivity contribution in [2.45, 2.75) is 273 Å². The van der Waals surface area contributed by atoms with Crippen LogP contribution in [0.2, 0.25) is 0 Å². The molecule has 0 spiro atoms. The number of ether oxygens (including phenoxy) is 15. The highest BCUT2D eigenvalue weighted by Gasteiger charge is 2.62. The molecule has 40 atom stereocenters. The molecule has 0 aromatic heterocycles. The standard InChI is InChI=1S/C56H86N4O45/c1-9(65)57-17-25(73)21(69)13(5-61)91-50(17)99-38-27(75)31(79)54(103-42(38)46(84)85)97-35-19(59-11(3)67)52(93-15(7-63)23(35)71)101-40-29(77)33(81)56(105-44(40)48(88)89)98-36-20(60-12(4)68)53(94-16(8-64)24(36)72)102-39-28(76)32(80)55(104-43(39)47(86)87)96-34-18(58-10(2)66)51(92-14(6-62)22(34)70)100-37-26(74)30(78)49(90)95-41(37)45(82)83/h13-44,49-56,61-64,69-81,90H,5-8H2,1-4H3,(H,57,65)(H,58,66)(H,59,67)(H,60,68)(H,82,83)(H,84,85)(H,86,87)(H,88,89)/t13-,14-,15-,16-,17-,18-,19-,20-,21+,22+,23+,24+,25-,26-,27-,28-,29-,30-,31-,32-,33-,34-,35-,36-,37+,38+,39+,40+,41+,42+,43+,44+,49?,50+,51+,52+,53+,54-,55-,56-/m1/s1. The Bertz CT molecular complexity index is 2990. The molecule has 8 fully saturated rings. The van der Waals surface area contributed by atoms with E-state index in [2.05, 4.69) is 21.3 Å². The Morgan fingerprint density at radius 2 is 0.476 bits per heavy atom. The van der Waals surface area contributed by atoms with Crippen LogP contribution in [0.4, 0.5) is 0 Å². The Morgan fingerprint density at radius 1 is 0.257 bits per heavy atom. The predicted molar refractivity (Wildman–Crippen MR) is 313 cm³/mol. The van der Waals surface area contributed by atoms with Gasteiger partial charge in [-0.25, -0.2) is 19.2 Å². The summed E-state index contributed by atoms with van der Waals surface area (Å²) in [6, 6.07) is -7.95. The van der Waals surface area contributed by atoms with Crippen molar-refractivity contribution in [3.8, 4) is 0 Å². The molecule has 4 amide bonds. The fraction of sp³-hybridized carbons (Fsp3) is 0.857. The number of carboxylic acid groups (broad SMARTS) is 4. The number of hydrogen-bond acceptors (Lipinski definition) is 41. The molecule has 49 heteroatoms. The maximum Gasteiger partial charge on any atom is 0.335 e. The summed E-state index contributed by atoms with van der Waals surface area (Å²) in [4.78, 5) is 102. The van der Waals surface area contributed by atoms with Crippen LogP contribution < -0.4 is 21.3 Å². The number of nitrogens with one attached hydrogen (secondary N) is 4. The lowest BCUT2D eigenvalue weighted by molar-refractivity contribution is -0.380. The van der Waals surface area contributed by atoms with Crippen molar-refractivity contribution >= 4 is 47.5 Å². The molecule has 8 rings (SSSR count). The molecule has 8 saturated heterocycles. The number of aliphatic hydroxyl groups is 18. The third kappa shape index (κ3) is 18.5. The van der Waals surface area contributed by atoms with Crippen LogP contribution >= 0.6 is 0 Å². The molecule has 0 saturated carbocycles. The summed E-state index contributed by atoms with van der Waals surface area (Å²) in [5, 5.41) is 248. The molecule has 8 aliphatic rings. The first-order valence-corrected chi connectivity index (χ1v) is 32.1. The minimum Gasteiger partial charge on any atom is -0.479 e. The lowest BCUT2D eigenvalue weighted by Crippen LogP contribution is -2.71. The van der Waals surface area contributed by atoms with Crippen LogP contribution in [-0.4, -0.2) is 432 Å². The van der Waals surface area contributed by atoms with Crippen molar-refractivity contribution in [1.29, 1.82) is 0 Å². The Morgan fingerprint density at radius 3 is 0.724 bits per heavy atom. The van der Waals surface area contributed by atoms with Gasteiger partial charge in [0.1, 0.15) is 171 Å². The van der Waals surface area contributed by atoms with Gasteiger partial charge in [-0.15, -0.1) is 0 Å². The summed E-state index contributed by atoms with van der Waals surface area (Å²) < 4.78 is 84.5. The van der Waals surface area contributed by atoms with Crippen molar-refractivity contribution in [3.05, 3.63) is 0 Å². The van der Waals surface area contributed by atoms with Gasteiger partial charge in [-0.3, -0.25) is 19.2 Å². The number of amides is 4. The van der Waals surface area contributed by atoms with Gasteiger partial charge < -0.3 is 205 Å². The molecule has 49 nitrogen and oxygen atoms in total. The molecule has 1 unspecified atom stereocenters. The van der Waals surface area contributed by atoms with Crippen molar-refractivity contribution in [3.63, 3.8) is 0 Å². The normalized spacial score (nSPS) is 46.8. The second-order valence-corrected chi connectivity index (χ2v) is 25.5. The fourth-order valence-electron chi connectivity index (χ4n) is 13.0. The average molecular weight is 1540 g/mol. The second kappa shape index (κ2) is 35.9. The van der Waals surface area contributed by atoms with Crippen molar-refractivity contribution in [1.82, 2.24) is 21.3 Å². The van der Waals surface area contributed by atoms with Crippen molar-refractivity contribution in [2.75, 3.05) is 26.4 Å². The van der Waals surface area contributed by atoms with Crippen LogP contribution in [0.5, 0.6) is 0 Å². The zero-order valence-electron chi connectivity index (χ0n) is 55.2. The van der Waals surface area contributed by atoms with E-state index in [1.54, 1.807) is 0 Å². The highest BCUT2D eigenvalue weighted by atomic mass is 16.8.